The molecular formula is C18H30N4+2. The molecule has 0 aliphatic carbocycles. The lowest BCUT2D eigenvalue weighted by Gasteiger charge is -2.33. The number of allylic oxidation sites excluding steroid dienone is 6. The molecule has 0 radical (unpaired) electrons. The average Bonchev–Trinajstić information content (AvgIpc) is 2.47. The van der Waals surface area contributed by atoms with Crippen LogP contribution in [0.15, 0.2) is 48.9 Å². The molecule has 4 heteroatoms. The highest BCUT2D eigenvalue weighted by Crippen LogP contribution is 2.02. The van der Waals surface area contributed by atoms with Gasteiger partial charge in [0.15, 0.2) is 12.4 Å². The Balaban J connectivity index is 2.28. The van der Waals surface area contributed by atoms with Crippen molar-refractivity contribution in [2.45, 2.75) is 0 Å². The van der Waals surface area contributed by atoms with Crippen molar-refractivity contribution >= 4 is 12.4 Å². The maximum absolute atomic E-state index is 2.36. The third kappa shape index (κ3) is 8.95. The van der Waals surface area contributed by atoms with Crippen LogP contribution in [0.5, 0.6) is 0 Å². The normalized spacial score (nSPS) is 16.4. The van der Waals surface area contributed by atoms with Gasteiger partial charge in [0.25, 0.3) is 0 Å². The first kappa shape index (κ1) is 18.0. The van der Waals surface area contributed by atoms with Gasteiger partial charge in [-0.25, -0.2) is 9.15 Å². The van der Waals surface area contributed by atoms with Crippen LogP contribution in [0.4, 0.5) is 0 Å². The van der Waals surface area contributed by atoms with E-state index in [1.807, 2.05) is 61.9 Å². The minimum absolute atomic E-state index is 1.07. The largest absolute Gasteiger partial charge is 0.374 e. The SMILES string of the molecule is C[N+](C)=C/C=C/C=C/N1CCN(/C=C/C=C/C=[N+](C)C)CC1. The summed E-state index contributed by atoms with van der Waals surface area (Å²) < 4.78 is 4.06. The Morgan fingerprint density at radius 2 is 0.909 bits per heavy atom. The number of hydrogen-bond acceptors (Lipinski definition) is 2. The Kier molecular flexibility index (Phi) is 8.65. The second-order valence-electron chi connectivity index (χ2n) is 5.75. The van der Waals surface area contributed by atoms with Gasteiger partial charge in [-0.3, -0.25) is 0 Å². The van der Waals surface area contributed by atoms with Gasteiger partial charge < -0.3 is 9.80 Å². The summed E-state index contributed by atoms with van der Waals surface area (Å²) in [6.45, 7) is 4.28. The van der Waals surface area contributed by atoms with E-state index < -0.39 is 0 Å². The molecule has 0 amide bonds. The van der Waals surface area contributed by atoms with Crippen molar-refractivity contribution in [1.82, 2.24) is 9.80 Å². The van der Waals surface area contributed by atoms with E-state index in [2.05, 4.69) is 46.5 Å². The summed E-state index contributed by atoms with van der Waals surface area (Å²) in [5.41, 5.74) is 0. The lowest BCUT2D eigenvalue weighted by molar-refractivity contribution is -0.458. The van der Waals surface area contributed by atoms with E-state index in [4.69, 9.17) is 0 Å². The van der Waals surface area contributed by atoms with Gasteiger partial charge in [-0.1, -0.05) is 12.2 Å². The fourth-order valence-electron chi connectivity index (χ4n) is 1.95. The van der Waals surface area contributed by atoms with E-state index in [1.165, 1.54) is 0 Å². The first-order chi connectivity index (χ1) is 10.6. The Hall–Kier alpha value is -2.10. The van der Waals surface area contributed by atoms with E-state index in [0.717, 1.165) is 26.2 Å². The molecule has 0 N–H and O–H groups in total. The smallest absolute Gasteiger partial charge is 0.162 e. The van der Waals surface area contributed by atoms with Crippen molar-refractivity contribution in [1.29, 1.82) is 0 Å². The zero-order chi connectivity index (χ0) is 16.2. The Morgan fingerprint density at radius 1 is 0.545 bits per heavy atom. The second kappa shape index (κ2) is 10.6. The monoisotopic (exact) mass is 302 g/mol. The highest BCUT2D eigenvalue weighted by atomic mass is 15.2. The number of piperazine rings is 1. The van der Waals surface area contributed by atoms with Gasteiger partial charge in [-0.15, -0.1) is 0 Å². The van der Waals surface area contributed by atoms with Crippen LogP contribution in [-0.4, -0.2) is 85.7 Å². The van der Waals surface area contributed by atoms with Crippen LogP contribution in [0.2, 0.25) is 0 Å². The molecule has 120 valence electrons. The molecule has 0 aromatic heterocycles. The Labute approximate surface area is 135 Å². The zero-order valence-electron chi connectivity index (χ0n) is 14.4. The minimum atomic E-state index is 1.07. The number of nitrogens with zero attached hydrogens (tertiary/aromatic N) is 4. The van der Waals surface area contributed by atoms with Gasteiger partial charge in [-0.2, -0.15) is 0 Å². The van der Waals surface area contributed by atoms with Crippen LogP contribution in [0.25, 0.3) is 0 Å². The van der Waals surface area contributed by atoms with Crippen LogP contribution < -0.4 is 0 Å². The highest BCUT2D eigenvalue weighted by Gasteiger charge is 2.10. The molecular weight excluding hydrogens is 272 g/mol. The van der Waals surface area contributed by atoms with Crippen LogP contribution >= 0.6 is 0 Å². The van der Waals surface area contributed by atoms with Crippen molar-refractivity contribution in [3.63, 3.8) is 0 Å². The van der Waals surface area contributed by atoms with E-state index in [-0.39, 0.29) is 0 Å². The van der Waals surface area contributed by atoms with Crippen molar-refractivity contribution in [3.8, 4) is 0 Å². The zero-order valence-corrected chi connectivity index (χ0v) is 14.4. The lowest BCUT2D eigenvalue weighted by Crippen LogP contribution is -2.41. The van der Waals surface area contributed by atoms with Crippen molar-refractivity contribution in [2.75, 3.05) is 54.4 Å². The highest BCUT2D eigenvalue weighted by molar-refractivity contribution is 5.66. The summed E-state index contributed by atoms with van der Waals surface area (Å²) in [6.07, 6.45) is 20.9. The Morgan fingerprint density at radius 3 is 1.23 bits per heavy atom. The maximum Gasteiger partial charge on any atom is 0.162 e. The molecule has 22 heavy (non-hydrogen) atoms. The first-order valence-electron chi connectivity index (χ1n) is 7.75. The molecule has 1 fully saturated rings. The van der Waals surface area contributed by atoms with Crippen LogP contribution in [0.3, 0.4) is 0 Å². The average molecular weight is 302 g/mol. The molecule has 0 bridgehead atoms. The summed E-state index contributed by atoms with van der Waals surface area (Å²) in [4.78, 5) is 4.72. The van der Waals surface area contributed by atoms with Crippen molar-refractivity contribution in [3.05, 3.63) is 48.9 Å². The predicted octanol–water partition coefficient (Wildman–Crippen LogP) is 1.43. The molecule has 0 saturated carbocycles. The molecule has 1 heterocycles. The van der Waals surface area contributed by atoms with E-state index in [1.54, 1.807) is 0 Å². The van der Waals surface area contributed by atoms with Gasteiger partial charge in [0, 0.05) is 38.3 Å². The molecule has 1 saturated heterocycles. The van der Waals surface area contributed by atoms with Crippen LogP contribution in [0, 0.1) is 0 Å². The maximum atomic E-state index is 2.36. The molecule has 0 spiro atoms. The third-order valence-corrected chi connectivity index (χ3v) is 3.16. The van der Waals surface area contributed by atoms with Gasteiger partial charge in [0.1, 0.15) is 28.2 Å². The lowest BCUT2D eigenvalue weighted by atomic mass is 10.3. The molecule has 0 atom stereocenters. The minimum Gasteiger partial charge on any atom is -0.374 e. The van der Waals surface area contributed by atoms with Gasteiger partial charge in [0.2, 0.25) is 0 Å². The second-order valence-corrected chi connectivity index (χ2v) is 5.75. The molecule has 0 aromatic carbocycles. The van der Waals surface area contributed by atoms with Crippen LogP contribution in [-0.2, 0) is 0 Å². The molecule has 0 aromatic rings. The Bertz CT molecular complexity index is 433. The summed E-state index contributed by atoms with van der Waals surface area (Å²) in [5.74, 6) is 0. The molecule has 0 unspecified atom stereocenters. The third-order valence-electron chi connectivity index (χ3n) is 3.16. The number of hydrogen-bond donors (Lipinski definition) is 0. The van der Waals surface area contributed by atoms with Gasteiger partial charge in [0.05, 0.1) is 0 Å². The molecule has 1 rings (SSSR count). The molecule has 1 aliphatic rings. The van der Waals surface area contributed by atoms with Crippen LogP contribution in [0.1, 0.15) is 0 Å². The summed E-state index contributed by atoms with van der Waals surface area (Å²) in [6, 6.07) is 0. The molecule has 4 nitrogen and oxygen atoms in total. The van der Waals surface area contributed by atoms with Crippen molar-refractivity contribution < 1.29 is 9.15 Å². The summed E-state index contributed by atoms with van der Waals surface area (Å²) in [7, 11) is 8.09. The fraction of sp³-hybridized carbons (Fsp3) is 0.444. The molecule has 1 aliphatic heterocycles. The number of rotatable bonds is 6. The van der Waals surface area contributed by atoms with E-state index in [0.29, 0.717) is 0 Å². The van der Waals surface area contributed by atoms with Gasteiger partial charge >= 0.3 is 0 Å². The summed E-state index contributed by atoms with van der Waals surface area (Å²) >= 11 is 0. The topological polar surface area (TPSA) is 12.5 Å². The fourth-order valence-corrected chi connectivity index (χ4v) is 1.95. The van der Waals surface area contributed by atoms with E-state index >= 15 is 0 Å². The van der Waals surface area contributed by atoms with Crippen molar-refractivity contribution in [2.24, 2.45) is 0 Å². The summed E-state index contributed by atoms with van der Waals surface area (Å²) in [5, 5.41) is 0. The first-order valence-corrected chi connectivity index (χ1v) is 7.75. The quantitative estimate of drug-likeness (QED) is 0.418. The van der Waals surface area contributed by atoms with E-state index in [9.17, 15) is 0 Å². The van der Waals surface area contributed by atoms with Gasteiger partial charge in [-0.05, 0) is 24.6 Å². The predicted molar refractivity (Wildman–Crippen MR) is 96.1 cm³/mol. The standard InChI is InChI=1S/C18H30N4/c1-19(2)11-7-5-9-13-21-15-17-22(18-16-21)14-10-6-8-12-20(3)4/h5-14H,15-18H2,1-4H3/q+2.